The maximum Gasteiger partial charge on any atom is 0.261 e. The molecule has 0 heterocycles. The predicted molar refractivity (Wildman–Crippen MR) is 91.6 cm³/mol. The van der Waals surface area contributed by atoms with E-state index in [0.717, 1.165) is 6.42 Å². The van der Waals surface area contributed by atoms with E-state index in [1.54, 1.807) is 31.2 Å². The molecule has 0 spiro atoms. The van der Waals surface area contributed by atoms with Gasteiger partial charge in [-0.15, -0.1) is 0 Å². The minimum Gasteiger partial charge on any atom is -0.481 e. The van der Waals surface area contributed by atoms with E-state index in [0.29, 0.717) is 23.8 Å². The number of ether oxygens (including phenoxy) is 1. The SMILES string of the molecule is CC(=O)c1cccc(OC(C)C(=O)NC(C)(CN)CC(C)C)c1. The van der Waals surface area contributed by atoms with E-state index in [1.165, 1.54) is 6.92 Å². The number of hydrogen-bond acceptors (Lipinski definition) is 4. The van der Waals surface area contributed by atoms with Crippen molar-refractivity contribution in [2.45, 2.75) is 52.7 Å². The summed E-state index contributed by atoms with van der Waals surface area (Å²) < 4.78 is 5.66. The van der Waals surface area contributed by atoms with E-state index in [9.17, 15) is 9.59 Å². The molecule has 23 heavy (non-hydrogen) atoms. The zero-order chi connectivity index (χ0) is 17.6. The molecule has 1 rings (SSSR count). The molecule has 0 aliphatic heterocycles. The standard InChI is InChI=1S/C18H28N2O3/c1-12(2)10-18(5,11-19)20-17(22)14(4)23-16-8-6-7-15(9-16)13(3)21/h6-9,12,14H,10-11,19H2,1-5H3,(H,20,22). The highest BCUT2D eigenvalue weighted by molar-refractivity contribution is 5.94. The first-order chi connectivity index (χ1) is 10.7. The molecule has 0 aliphatic carbocycles. The quantitative estimate of drug-likeness (QED) is 0.721. The lowest BCUT2D eigenvalue weighted by atomic mass is 9.90. The van der Waals surface area contributed by atoms with E-state index in [1.807, 2.05) is 6.92 Å². The van der Waals surface area contributed by atoms with E-state index >= 15 is 0 Å². The van der Waals surface area contributed by atoms with E-state index in [2.05, 4.69) is 19.2 Å². The van der Waals surface area contributed by atoms with Crippen LogP contribution in [0.4, 0.5) is 0 Å². The molecule has 0 fully saturated rings. The Morgan fingerprint density at radius 2 is 1.96 bits per heavy atom. The molecule has 0 bridgehead atoms. The van der Waals surface area contributed by atoms with Gasteiger partial charge in [-0.3, -0.25) is 9.59 Å². The Morgan fingerprint density at radius 3 is 2.48 bits per heavy atom. The number of carbonyl (C=O) groups is 2. The van der Waals surface area contributed by atoms with Crippen molar-refractivity contribution in [1.29, 1.82) is 0 Å². The Kier molecular flexibility index (Phi) is 6.76. The number of nitrogens with two attached hydrogens (primary N) is 1. The number of hydrogen-bond donors (Lipinski definition) is 2. The Balaban J connectivity index is 2.73. The van der Waals surface area contributed by atoms with Crippen LogP contribution in [0.3, 0.4) is 0 Å². The number of rotatable bonds is 8. The first-order valence-electron chi connectivity index (χ1n) is 7.96. The van der Waals surface area contributed by atoms with Gasteiger partial charge in [-0.1, -0.05) is 26.0 Å². The molecule has 1 aromatic carbocycles. The van der Waals surface area contributed by atoms with Crippen LogP contribution < -0.4 is 15.8 Å². The summed E-state index contributed by atoms with van der Waals surface area (Å²) in [6, 6.07) is 6.82. The van der Waals surface area contributed by atoms with Crippen molar-refractivity contribution in [2.24, 2.45) is 11.7 Å². The molecule has 2 unspecified atom stereocenters. The van der Waals surface area contributed by atoms with Gasteiger partial charge >= 0.3 is 0 Å². The molecule has 2 atom stereocenters. The van der Waals surface area contributed by atoms with Crippen LogP contribution in [-0.4, -0.2) is 29.9 Å². The van der Waals surface area contributed by atoms with Gasteiger partial charge in [0, 0.05) is 17.6 Å². The highest BCUT2D eigenvalue weighted by Crippen LogP contribution is 2.18. The first-order valence-corrected chi connectivity index (χ1v) is 7.96. The van der Waals surface area contributed by atoms with Gasteiger partial charge in [-0.25, -0.2) is 0 Å². The predicted octanol–water partition coefficient (Wildman–Crippen LogP) is 2.54. The summed E-state index contributed by atoms with van der Waals surface area (Å²) in [4.78, 5) is 23.8. The number of benzene rings is 1. The summed E-state index contributed by atoms with van der Waals surface area (Å²) in [6.07, 6.45) is 0.122. The fourth-order valence-electron chi connectivity index (χ4n) is 2.53. The van der Waals surface area contributed by atoms with Gasteiger partial charge < -0.3 is 15.8 Å². The summed E-state index contributed by atoms with van der Waals surface area (Å²) in [5.41, 5.74) is 5.92. The molecule has 0 saturated carbocycles. The first kappa shape index (κ1) is 19.2. The maximum absolute atomic E-state index is 12.4. The number of carbonyl (C=O) groups excluding carboxylic acids is 2. The number of nitrogens with one attached hydrogen (secondary N) is 1. The fourth-order valence-corrected chi connectivity index (χ4v) is 2.53. The second-order valence-electron chi connectivity index (χ2n) is 6.70. The second-order valence-corrected chi connectivity index (χ2v) is 6.70. The minimum absolute atomic E-state index is 0.0415. The molecule has 3 N–H and O–H groups in total. The molecular formula is C18H28N2O3. The molecule has 0 aromatic heterocycles. The Morgan fingerprint density at radius 1 is 1.30 bits per heavy atom. The summed E-state index contributed by atoms with van der Waals surface area (Å²) in [6.45, 7) is 9.66. The molecule has 0 aliphatic rings. The topological polar surface area (TPSA) is 81.4 Å². The van der Waals surface area contributed by atoms with Crippen molar-refractivity contribution in [3.05, 3.63) is 29.8 Å². The highest BCUT2D eigenvalue weighted by Gasteiger charge is 2.28. The van der Waals surface area contributed by atoms with Crippen LogP contribution >= 0.6 is 0 Å². The lowest BCUT2D eigenvalue weighted by Crippen LogP contribution is -2.55. The lowest BCUT2D eigenvalue weighted by molar-refractivity contribution is -0.129. The van der Waals surface area contributed by atoms with Crippen LogP contribution in [0, 0.1) is 5.92 Å². The maximum atomic E-state index is 12.4. The van der Waals surface area contributed by atoms with Gasteiger partial charge in [0.1, 0.15) is 5.75 Å². The largest absolute Gasteiger partial charge is 0.481 e. The van der Waals surface area contributed by atoms with Crippen molar-refractivity contribution in [1.82, 2.24) is 5.32 Å². The van der Waals surface area contributed by atoms with Gasteiger partial charge in [0.15, 0.2) is 11.9 Å². The number of ketones is 1. The summed E-state index contributed by atoms with van der Waals surface area (Å²) in [5.74, 6) is 0.665. The van der Waals surface area contributed by atoms with Crippen molar-refractivity contribution in [2.75, 3.05) is 6.54 Å². The minimum atomic E-state index is -0.671. The van der Waals surface area contributed by atoms with Crippen molar-refractivity contribution >= 4 is 11.7 Å². The van der Waals surface area contributed by atoms with Gasteiger partial charge in [0.25, 0.3) is 5.91 Å². The van der Waals surface area contributed by atoms with Gasteiger partial charge in [-0.05, 0) is 45.2 Å². The summed E-state index contributed by atoms with van der Waals surface area (Å²) >= 11 is 0. The van der Waals surface area contributed by atoms with Gasteiger partial charge in [0.2, 0.25) is 0 Å². The van der Waals surface area contributed by atoms with Gasteiger partial charge in [-0.2, -0.15) is 0 Å². The van der Waals surface area contributed by atoms with Crippen LogP contribution in [0.15, 0.2) is 24.3 Å². The Labute approximate surface area is 138 Å². The van der Waals surface area contributed by atoms with Crippen LogP contribution in [0.25, 0.3) is 0 Å². The third-order valence-corrected chi connectivity index (χ3v) is 3.66. The Bertz CT molecular complexity index is 557. The van der Waals surface area contributed by atoms with Crippen LogP contribution in [0.2, 0.25) is 0 Å². The van der Waals surface area contributed by atoms with Crippen molar-refractivity contribution < 1.29 is 14.3 Å². The molecule has 5 heteroatoms. The zero-order valence-corrected chi connectivity index (χ0v) is 14.7. The summed E-state index contributed by atoms with van der Waals surface area (Å²) in [7, 11) is 0. The van der Waals surface area contributed by atoms with Crippen LogP contribution in [0.5, 0.6) is 5.75 Å². The molecule has 0 saturated heterocycles. The van der Waals surface area contributed by atoms with E-state index < -0.39 is 11.6 Å². The van der Waals surface area contributed by atoms with E-state index in [-0.39, 0.29) is 11.7 Å². The van der Waals surface area contributed by atoms with Crippen molar-refractivity contribution in [3.63, 3.8) is 0 Å². The van der Waals surface area contributed by atoms with Crippen molar-refractivity contribution in [3.8, 4) is 5.75 Å². The third kappa shape index (κ3) is 6.02. The highest BCUT2D eigenvalue weighted by atomic mass is 16.5. The molecule has 128 valence electrons. The van der Waals surface area contributed by atoms with Gasteiger partial charge in [0.05, 0.1) is 0 Å². The normalized spacial score (nSPS) is 14.9. The van der Waals surface area contributed by atoms with Crippen LogP contribution in [0.1, 0.15) is 51.4 Å². The average molecular weight is 320 g/mol. The lowest BCUT2D eigenvalue weighted by Gasteiger charge is -2.32. The summed E-state index contributed by atoms with van der Waals surface area (Å²) in [5, 5.41) is 2.98. The number of Topliss-reactive ketones (excluding diaryl/α,β-unsaturated/α-hetero) is 1. The molecule has 1 aromatic rings. The third-order valence-electron chi connectivity index (χ3n) is 3.66. The molecule has 1 amide bonds. The Hall–Kier alpha value is -1.88. The molecule has 0 radical (unpaired) electrons. The molecular weight excluding hydrogens is 292 g/mol. The molecule has 5 nitrogen and oxygen atoms in total. The smallest absolute Gasteiger partial charge is 0.261 e. The number of amides is 1. The fraction of sp³-hybridized carbons (Fsp3) is 0.556. The average Bonchev–Trinajstić information content (AvgIpc) is 2.46. The monoisotopic (exact) mass is 320 g/mol. The van der Waals surface area contributed by atoms with Crippen LogP contribution in [-0.2, 0) is 4.79 Å². The van der Waals surface area contributed by atoms with E-state index in [4.69, 9.17) is 10.5 Å². The zero-order valence-electron chi connectivity index (χ0n) is 14.7. The second kappa shape index (κ2) is 8.11.